The zero-order chi connectivity index (χ0) is 17.4. The maximum atomic E-state index is 12.8. The van der Waals surface area contributed by atoms with Gasteiger partial charge in [-0.2, -0.15) is 5.10 Å². The Morgan fingerprint density at radius 2 is 2.04 bits per heavy atom. The van der Waals surface area contributed by atoms with Gasteiger partial charge in [-0.15, -0.1) is 0 Å². The molecule has 0 saturated carbocycles. The zero-order valence-electron chi connectivity index (χ0n) is 14.8. The fourth-order valence-electron chi connectivity index (χ4n) is 3.73. The molecule has 0 bridgehead atoms. The molecule has 1 aromatic carbocycles. The van der Waals surface area contributed by atoms with Crippen molar-refractivity contribution in [1.29, 1.82) is 0 Å². The summed E-state index contributed by atoms with van der Waals surface area (Å²) in [6.45, 7) is 4.50. The number of aromatic nitrogens is 4. The second kappa shape index (κ2) is 6.35. The lowest BCUT2D eigenvalue weighted by molar-refractivity contribution is 0.605. The Morgan fingerprint density at radius 1 is 1.20 bits per heavy atom. The van der Waals surface area contributed by atoms with Crippen LogP contribution in [0.15, 0.2) is 35.4 Å². The Labute approximate surface area is 146 Å². The van der Waals surface area contributed by atoms with Crippen LogP contribution in [-0.2, 0) is 26.4 Å². The first kappa shape index (κ1) is 15.9. The number of hydrogen-bond donors (Lipinski definition) is 0. The van der Waals surface area contributed by atoms with Crippen molar-refractivity contribution < 1.29 is 0 Å². The van der Waals surface area contributed by atoms with E-state index in [0.717, 1.165) is 43.6 Å². The minimum Gasteiger partial charge on any atom is -0.370 e. The molecule has 0 saturated heterocycles. The maximum absolute atomic E-state index is 12.8. The minimum atomic E-state index is -0.00926. The number of fused-ring (bicyclic) bond motifs is 2. The predicted molar refractivity (Wildman–Crippen MR) is 99.1 cm³/mol. The lowest BCUT2D eigenvalue weighted by atomic mass is 10.0. The maximum Gasteiger partial charge on any atom is 0.279 e. The molecule has 0 amide bonds. The highest BCUT2D eigenvalue weighted by Crippen LogP contribution is 2.26. The van der Waals surface area contributed by atoms with E-state index in [1.165, 1.54) is 11.3 Å². The summed E-state index contributed by atoms with van der Waals surface area (Å²) < 4.78 is 3.37. The van der Waals surface area contributed by atoms with Crippen LogP contribution in [0.2, 0.25) is 0 Å². The molecule has 3 aromatic rings. The molecule has 0 N–H and O–H groups in total. The van der Waals surface area contributed by atoms with E-state index >= 15 is 0 Å². The summed E-state index contributed by atoms with van der Waals surface area (Å²) in [5.41, 5.74) is 4.89. The van der Waals surface area contributed by atoms with Crippen LogP contribution in [0.5, 0.6) is 0 Å². The summed E-state index contributed by atoms with van der Waals surface area (Å²) in [6.07, 6.45) is 4.74. The number of aryl methyl sites for hydroxylation is 3. The number of anilines is 1. The molecule has 4 rings (SSSR count). The van der Waals surface area contributed by atoms with E-state index in [1.54, 1.807) is 15.6 Å². The van der Waals surface area contributed by atoms with Crippen molar-refractivity contribution in [2.45, 2.75) is 32.7 Å². The monoisotopic (exact) mass is 337 g/mol. The molecule has 2 aromatic heterocycles. The second-order valence-electron chi connectivity index (χ2n) is 6.58. The Bertz CT molecular complexity index is 972. The molecule has 1 aliphatic heterocycles. The van der Waals surface area contributed by atoms with Crippen LogP contribution in [0.25, 0.3) is 11.0 Å². The quantitative estimate of drug-likeness (QED) is 0.732. The van der Waals surface area contributed by atoms with E-state index in [4.69, 9.17) is 0 Å². The van der Waals surface area contributed by atoms with Gasteiger partial charge < -0.3 is 4.90 Å². The van der Waals surface area contributed by atoms with Crippen molar-refractivity contribution in [1.82, 2.24) is 19.3 Å². The van der Waals surface area contributed by atoms with E-state index in [2.05, 4.69) is 39.2 Å². The molecule has 0 radical (unpaired) electrons. The molecule has 0 spiro atoms. The van der Waals surface area contributed by atoms with Crippen LogP contribution in [0.1, 0.15) is 24.6 Å². The van der Waals surface area contributed by atoms with Crippen molar-refractivity contribution in [3.05, 3.63) is 52.2 Å². The smallest absolute Gasteiger partial charge is 0.279 e. The van der Waals surface area contributed by atoms with Gasteiger partial charge in [0.15, 0.2) is 5.52 Å². The summed E-state index contributed by atoms with van der Waals surface area (Å²) in [7, 11) is 1.82. The average molecular weight is 337 g/mol. The van der Waals surface area contributed by atoms with Gasteiger partial charge in [0, 0.05) is 32.4 Å². The van der Waals surface area contributed by atoms with E-state index in [1.807, 2.05) is 14.0 Å². The van der Waals surface area contributed by atoms with Gasteiger partial charge >= 0.3 is 0 Å². The summed E-state index contributed by atoms with van der Waals surface area (Å²) in [5, 5.41) is 4.42. The highest BCUT2D eigenvalue weighted by Gasteiger charge is 2.17. The third-order valence-corrected chi connectivity index (χ3v) is 5.03. The van der Waals surface area contributed by atoms with Crippen LogP contribution in [0.4, 0.5) is 5.69 Å². The highest BCUT2D eigenvalue weighted by molar-refractivity contribution is 5.76. The second-order valence-corrected chi connectivity index (χ2v) is 6.58. The van der Waals surface area contributed by atoms with E-state index in [0.29, 0.717) is 12.1 Å². The third kappa shape index (κ3) is 2.71. The number of nitrogens with zero attached hydrogens (tertiary/aromatic N) is 5. The lowest BCUT2D eigenvalue weighted by Gasteiger charge is -2.31. The van der Waals surface area contributed by atoms with Gasteiger partial charge in [-0.1, -0.05) is 25.1 Å². The minimum absolute atomic E-state index is 0.00926. The molecule has 6 nitrogen and oxygen atoms in total. The van der Waals surface area contributed by atoms with Gasteiger partial charge in [0.2, 0.25) is 0 Å². The average Bonchev–Trinajstić information content (AvgIpc) is 2.97. The zero-order valence-corrected chi connectivity index (χ0v) is 14.8. The summed E-state index contributed by atoms with van der Waals surface area (Å²) in [4.78, 5) is 19.7. The van der Waals surface area contributed by atoms with Crippen molar-refractivity contribution in [2.75, 3.05) is 18.0 Å². The molecule has 25 heavy (non-hydrogen) atoms. The molecule has 6 heteroatoms. The van der Waals surface area contributed by atoms with Crippen molar-refractivity contribution in [3.8, 4) is 0 Å². The fraction of sp³-hybridized carbons (Fsp3) is 0.421. The number of para-hydroxylation sites is 1. The summed E-state index contributed by atoms with van der Waals surface area (Å²) in [5.74, 6) is 0. The lowest BCUT2D eigenvalue weighted by Crippen LogP contribution is -2.34. The molecule has 0 unspecified atom stereocenters. The first-order valence-electron chi connectivity index (χ1n) is 8.93. The Balaban J connectivity index is 1.61. The van der Waals surface area contributed by atoms with Gasteiger partial charge in [0.05, 0.1) is 12.0 Å². The number of hydrogen-bond acceptors (Lipinski definition) is 4. The predicted octanol–water partition coefficient (Wildman–Crippen LogP) is 2.15. The molecule has 0 atom stereocenters. The number of benzene rings is 1. The Morgan fingerprint density at radius 3 is 2.88 bits per heavy atom. The summed E-state index contributed by atoms with van der Waals surface area (Å²) in [6, 6.07) is 8.55. The number of rotatable bonds is 4. The molecule has 3 heterocycles. The van der Waals surface area contributed by atoms with Crippen molar-refractivity contribution in [3.63, 3.8) is 0 Å². The van der Waals surface area contributed by atoms with Crippen LogP contribution in [0, 0.1) is 0 Å². The van der Waals surface area contributed by atoms with Gasteiger partial charge in [-0.25, -0.2) is 4.98 Å². The van der Waals surface area contributed by atoms with Gasteiger partial charge in [-0.05, 0) is 30.9 Å². The van der Waals surface area contributed by atoms with Crippen LogP contribution in [0.3, 0.4) is 0 Å². The molecular formula is C19H23N5O. The Hall–Kier alpha value is -2.63. The molecule has 0 aliphatic carbocycles. The van der Waals surface area contributed by atoms with Crippen molar-refractivity contribution in [2.24, 2.45) is 7.05 Å². The SMILES string of the molecule is CCc1nn(C)c2c(=O)n(CCN3CCCc4ccccc43)cnc12. The fourth-order valence-corrected chi connectivity index (χ4v) is 3.73. The normalized spacial score (nSPS) is 14.1. The van der Waals surface area contributed by atoms with Gasteiger partial charge in [0.25, 0.3) is 5.56 Å². The summed E-state index contributed by atoms with van der Waals surface area (Å²) >= 11 is 0. The van der Waals surface area contributed by atoms with E-state index < -0.39 is 0 Å². The van der Waals surface area contributed by atoms with Crippen LogP contribution < -0.4 is 10.5 Å². The molecule has 0 fully saturated rings. The highest BCUT2D eigenvalue weighted by atomic mass is 16.1. The third-order valence-electron chi connectivity index (χ3n) is 5.03. The van der Waals surface area contributed by atoms with E-state index in [9.17, 15) is 4.79 Å². The topological polar surface area (TPSA) is 56.0 Å². The largest absolute Gasteiger partial charge is 0.370 e. The first-order valence-corrected chi connectivity index (χ1v) is 8.93. The van der Waals surface area contributed by atoms with Crippen molar-refractivity contribution >= 4 is 16.7 Å². The van der Waals surface area contributed by atoms with Crippen LogP contribution >= 0.6 is 0 Å². The molecule has 1 aliphatic rings. The van der Waals surface area contributed by atoms with Crippen LogP contribution in [-0.4, -0.2) is 32.4 Å². The standard InChI is InChI=1S/C19H23N5O/c1-3-15-17-18(22(2)21-15)19(25)24(13-20-17)12-11-23-10-6-8-14-7-4-5-9-16(14)23/h4-5,7,9,13H,3,6,8,10-12H2,1-2H3. The van der Waals surface area contributed by atoms with Gasteiger partial charge in [0.1, 0.15) is 5.52 Å². The Kier molecular flexibility index (Phi) is 4.03. The molecule has 130 valence electrons. The molecular weight excluding hydrogens is 314 g/mol. The van der Waals surface area contributed by atoms with Gasteiger partial charge in [-0.3, -0.25) is 14.0 Å². The van der Waals surface area contributed by atoms with E-state index in [-0.39, 0.29) is 5.56 Å². The first-order chi connectivity index (χ1) is 12.2.